The predicted octanol–water partition coefficient (Wildman–Crippen LogP) is 3.68. The Kier molecular flexibility index (Phi) is 4.15. The second-order valence-electron chi connectivity index (χ2n) is 4.65. The van der Waals surface area contributed by atoms with Crippen molar-refractivity contribution in [2.24, 2.45) is 0 Å². The molecule has 17 heavy (non-hydrogen) atoms. The second-order valence-corrected chi connectivity index (χ2v) is 5.68. The van der Waals surface area contributed by atoms with Crippen LogP contribution in [-0.4, -0.2) is 18.1 Å². The molecule has 0 spiro atoms. The van der Waals surface area contributed by atoms with Gasteiger partial charge in [-0.2, -0.15) is 0 Å². The number of carbonyl (C=O) groups is 1. The van der Waals surface area contributed by atoms with Crippen LogP contribution >= 0.6 is 11.3 Å². The molecule has 0 aliphatic heterocycles. The van der Waals surface area contributed by atoms with E-state index in [1.165, 1.54) is 57.0 Å². The third kappa shape index (κ3) is 2.86. The first-order chi connectivity index (χ1) is 8.22. The Morgan fingerprint density at radius 1 is 1.29 bits per heavy atom. The highest BCUT2D eigenvalue weighted by molar-refractivity contribution is 7.13. The van der Waals surface area contributed by atoms with Crippen LogP contribution in [-0.2, 0) is 4.74 Å². The average molecular weight is 253 g/mol. The lowest BCUT2D eigenvalue weighted by molar-refractivity contribution is 0.0605. The molecule has 4 heteroatoms. The van der Waals surface area contributed by atoms with Crippen LogP contribution in [0, 0.1) is 6.92 Å². The van der Waals surface area contributed by atoms with Crippen molar-refractivity contribution in [3.63, 3.8) is 0 Å². The number of aryl methyl sites for hydroxylation is 1. The molecule has 0 radical (unpaired) electrons. The maximum atomic E-state index is 11.5. The summed E-state index contributed by atoms with van der Waals surface area (Å²) < 4.78 is 4.77. The van der Waals surface area contributed by atoms with E-state index in [4.69, 9.17) is 4.74 Å². The summed E-state index contributed by atoms with van der Waals surface area (Å²) in [5, 5.41) is 1.13. The van der Waals surface area contributed by atoms with Gasteiger partial charge >= 0.3 is 5.97 Å². The molecule has 1 aromatic heterocycles. The molecule has 0 aromatic carbocycles. The van der Waals surface area contributed by atoms with Crippen molar-refractivity contribution in [1.82, 2.24) is 4.98 Å². The summed E-state index contributed by atoms with van der Waals surface area (Å²) in [7, 11) is 1.42. The fourth-order valence-corrected chi connectivity index (χ4v) is 3.55. The average Bonchev–Trinajstić information content (AvgIpc) is 2.57. The zero-order chi connectivity index (χ0) is 12.3. The number of nitrogens with zero attached hydrogens (tertiary/aromatic N) is 1. The number of thiazole rings is 1. The largest absolute Gasteiger partial charge is 0.465 e. The number of methoxy groups -OCH3 is 1. The van der Waals surface area contributed by atoms with Gasteiger partial charge in [0.15, 0.2) is 0 Å². The fourth-order valence-electron chi connectivity index (χ4n) is 2.40. The molecule has 0 amide bonds. The Bertz CT molecular complexity index is 392. The van der Waals surface area contributed by atoms with Crippen molar-refractivity contribution in [3.05, 3.63) is 15.6 Å². The highest BCUT2D eigenvalue weighted by Gasteiger charge is 2.22. The normalized spacial score (nSPS) is 17.8. The summed E-state index contributed by atoms with van der Waals surface area (Å²) >= 11 is 1.52. The first-order valence-electron chi connectivity index (χ1n) is 6.28. The smallest absolute Gasteiger partial charge is 0.349 e. The first-order valence-corrected chi connectivity index (χ1v) is 7.09. The molecule has 1 aliphatic rings. The first kappa shape index (κ1) is 12.6. The standard InChI is InChI=1S/C13H19NO2S/c1-9-11(13(15)16-2)17-12(14-9)10-7-5-3-4-6-8-10/h10H,3-8H2,1-2H3. The van der Waals surface area contributed by atoms with E-state index in [1.807, 2.05) is 6.92 Å². The number of carbonyl (C=O) groups excluding carboxylic acids is 1. The highest BCUT2D eigenvalue weighted by Crippen LogP contribution is 2.35. The van der Waals surface area contributed by atoms with Gasteiger partial charge in [-0.15, -0.1) is 11.3 Å². The molecule has 1 aliphatic carbocycles. The Balaban J connectivity index is 2.18. The maximum Gasteiger partial charge on any atom is 0.349 e. The van der Waals surface area contributed by atoms with Gasteiger partial charge in [-0.3, -0.25) is 0 Å². The van der Waals surface area contributed by atoms with Gasteiger partial charge in [0.05, 0.1) is 17.8 Å². The third-order valence-corrected chi connectivity index (χ3v) is 4.69. The van der Waals surface area contributed by atoms with Crippen LogP contribution < -0.4 is 0 Å². The summed E-state index contributed by atoms with van der Waals surface area (Å²) in [4.78, 5) is 16.8. The predicted molar refractivity (Wildman–Crippen MR) is 68.6 cm³/mol. The van der Waals surface area contributed by atoms with Gasteiger partial charge in [-0.25, -0.2) is 9.78 Å². The van der Waals surface area contributed by atoms with Crippen LogP contribution in [0.1, 0.15) is 64.8 Å². The van der Waals surface area contributed by atoms with Crippen LogP contribution in [0.5, 0.6) is 0 Å². The molecule has 94 valence electrons. The van der Waals surface area contributed by atoms with Crippen molar-refractivity contribution in [2.75, 3.05) is 7.11 Å². The maximum absolute atomic E-state index is 11.5. The van der Waals surface area contributed by atoms with E-state index in [2.05, 4.69) is 4.98 Å². The lowest BCUT2D eigenvalue weighted by Gasteiger charge is -2.09. The van der Waals surface area contributed by atoms with E-state index in [0.717, 1.165) is 10.7 Å². The number of aromatic nitrogens is 1. The molecule has 1 heterocycles. The Hall–Kier alpha value is -0.900. The van der Waals surface area contributed by atoms with Crippen LogP contribution in [0.2, 0.25) is 0 Å². The number of esters is 1. The third-order valence-electron chi connectivity index (χ3n) is 3.39. The van der Waals surface area contributed by atoms with E-state index in [0.29, 0.717) is 10.8 Å². The summed E-state index contributed by atoms with van der Waals surface area (Å²) in [6.07, 6.45) is 7.68. The van der Waals surface area contributed by atoms with Crippen molar-refractivity contribution >= 4 is 17.3 Å². The van der Waals surface area contributed by atoms with Crippen molar-refractivity contribution in [3.8, 4) is 0 Å². The van der Waals surface area contributed by atoms with Crippen molar-refractivity contribution in [2.45, 2.75) is 51.4 Å². The lowest BCUT2D eigenvalue weighted by atomic mass is 10.0. The summed E-state index contributed by atoms with van der Waals surface area (Å²) in [6.45, 7) is 1.89. The summed E-state index contributed by atoms with van der Waals surface area (Å²) in [6, 6.07) is 0. The zero-order valence-electron chi connectivity index (χ0n) is 10.5. The fraction of sp³-hybridized carbons (Fsp3) is 0.692. The quantitative estimate of drug-likeness (QED) is 0.596. The van der Waals surface area contributed by atoms with Crippen molar-refractivity contribution < 1.29 is 9.53 Å². The van der Waals surface area contributed by atoms with Gasteiger partial charge in [-0.05, 0) is 19.8 Å². The molecule has 0 unspecified atom stereocenters. The Morgan fingerprint density at radius 2 is 1.94 bits per heavy atom. The zero-order valence-corrected chi connectivity index (χ0v) is 11.3. The van der Waals surface area contributed by atoms with Crippen molar-refractivity contribution in [1.29, 1.82) is 0 Å². The molecule has 0 N–H and O–H groups in total. The van der Waals surface area contributed by atoms with E-state index < -0.39 is 0 Å². The van der Waals surface area contributed by atoms with Gasteiger partial charge in [0.2, 0.25) is 0 Å². The topological polar surface area (TPSA) is 39.2 Å². The van der Waals surface area contributed by atoms with Crippen LogP contribution in [0.4, 0.5) is 0 Å². The minimum atomic E-state index is -0.250. The molecule has 0 bridgehead atoms. The molecule has 1 fully saturated rings. The number of hydrogen-bond acceptors (Lipinski definition) is 4. The molecule has 3 nitrogen and oxygen atoms in total. The molecule has 1 saturated carbocycles. The summed E-state index contributed by atoms with van der Waals surface area (Å²) in [5.41, 5.74) is 0.820. The minimum Gasteiger partial charge on any atom is -0.465 e. The van der Waals surface area contributed by atoms with Crippen LogP contribution in [0.3, 0.4) is 0 Å². The minimum absolute atomic E-state index is 0.250. The molecule has 1 aromatic rings. The SMILES string of the molecule is COC(=O)c1sc(C2CCCCCC2)nc1C. The van der Waals surface area contributed by atoms with Crippen LogP contribution in [0.25, 0.3) is 0 Å². The molecule has 0 saturated heterocycles. The monoisotopic (exact) mass is 253 g/mol. The highest BCUT2D eigenvalue weighted by atomic mass is 32.1. The second kappa shape index (κ2) is 5.63. The van der Waals surface area contributed by atoms with Gasteiger partial charge in [0.25, 0.3) is 0 Å². The lowest BCUT2D eigenvalue weighted by Crippen LogP contribution is -1.99. The molecule has 0 atom stereocenters. The molecular weight excluding hydrogens is 234 g/mol. The van der Waals surface area contributed by atoms with Gasteiger partial charge in [-0.1, -0.05) is 25.7 Å². The number of rotatable bonds is 2. The molecular formula is C13H19NO2S. The molecule has 2 rings (SSSR count). The van der Waals surface area contributed by atoms with E-state index in [1.54, 1.807) is 0 Å². The van der Waals surface area contributed by atoms with Crippen LogP contribution in [0.15, 0.2) is 0 Å². The Morgan fingerprint density at radius 3 is 2.53 bits per heavy atom. The van der Waals surface area contributed by atoms with E-state index in [9.17, 15) is 4.79 Å². The Labute approximate surface area is 106 Å². The van der Waals surface area contributed by atoms with Gasteiger partial charge in [0.1, 0.15) is 4.88 Å². The summed E-state index contributed by atoms with van der Waals surface area (Å²) in [5.74, 6) is 0.305. The number of hydrogen-bond donors (Lipinski definition) is 0. The van der Waals surface area contributed by atoms with E-state index >= 15 is 0 Å². The van der Waals surface area contributed by atoms with E-state index in [-0.39, 0.29) is 5.97 Å². The number of ether oxygens (including phenoxy) is 1. The van der Waals surface area contributed by atoms with Gasteiger partial charge in [0, 0.05) is 5.92 Å². The van der Waals surface area contributed by atoms with Gasteiger partial charge < -0.3 is 4.74 Å².